The molecule has 16 heavy (non-hydrogen) atoms. The van der Waals surface area contributed by atoms with E-state index in [0.29, 0.717) is 0 Å². The van der Waals surface area contributed by atoms with Gasteiger partial charge in [0.15, 0.2) is 0 Å². The van der Waals surface area contributed by atoms with Crippen molar-refractivity contribution in [2.75, 3.05) is 7.11 Å². The maximum atomic E-state index is 5.39. The van der Waals surface area contributed by atoms with Crippen LogP contribution in [0.1, 0.15) is 16.8 Å². The van der Waals surface area contributed by atoms with Crippen LogP contribution in [0.15, 0.2) is 18.2 Å². The first-order valence-corrected chi connectivity index (χ1v) is 5.29. The Bertz CT molecular complexity index is 515. The molecule has 2 rings (SSSR count). The Morgan fingerprint density at radius 2 is 1.75 bits per heavy atom. The molecule has 84 valence electrons. The number of aryl methyl sites for hydroxylation is 3. The number of rotatable bonds is 2. The molecule has 0 bridgehead atoms. The van der Waals surface area contributed by atoms with Crippen LogP contribution in [-0.4, -0.2) is 17.3 Å². The molecule has 0 spiro atoms. The molecule has 0 fully saturated rings. The maximum Gasteiger partial charge on any atom is 0.128 e. The Morgan fingerprint density at radius 3 is 2.31 bits per heavy atom. The van der Waals surface area contributed by atoms with Crippen molar-refractivity contribution in [1.82, 2.24) is 10.2 Å². The molecule has 0 saturated carbocycles. The van der Waals surface area contributed by atoms with E-state index in [-0.39, 0.29) is 0 Å². The summed E-state index contributed by atoms with van der Waals surface area (Å²) < 4.78 is 5.39. The highest BCUT2D eigenvalue weighted by Crippen LogP contribution is 2.31. The molecule has 0 aliphatic carbocycles. The third kappa shape index (κ3) is 1.81. The summed E-state index contributed by atoms with van der Waals surface area (Å²) in [4.78, 5) is 0. The topological polar surface area (TPSA) is 37.9 Å². The highest BCUT2D eigenvalue weighted by atomic mass is 16.5. The van der Waals surface area contributed by atoms with E-state index in [4.69, 9.17) is 4.74 Å². The van der Waals surface area contributed by atoms with E-state index in [0.717, 1.165) is 22.7 Å². The molecule has 1 aromatic heterocycles. The molecule has 2 aromatic rings. The van der Waals surface area contributed by atoms with E-state index >= 15 is 0 Å². The van der Waals surface area contributed by atoms with Crippen LogP contribution in [0.3, 0.4) is 0 Å². The van der Waals surface area contributed by atoms with Gasteiger partial charge in [-0.25, -0.2) is 0 Å². The standard InChI is InChI=1S/C13H16N2O/c1-8-5-11(12-7-10(3)14-15-12)13(16-4)6-9(8)2/h5-7H,1-4H3,(H,14,15). The molecule has 1 aromatic carbocycles. The van der Waals surface area contributed by atoms with E-state index in [2.05, 4.69) is 36.2 Å². The summed E-state index contributed by atoms with van der Waals surface area (Å²) in [6.07, 6.45) is 0. The lowest BCUT2D eigenvalue weighted by Crippen LogP contribution is -1.91. The van der Waals surface area contributed by atoms with Crippen molar-refractivity contribution in [3.63, 3.8) is 0 Å². The average Bonchev–Trinajstić information content (AvgIpc) is 2.68. The fourth-order valence-electron chi connectivity index (χ4n) is 1.71. The van der Waals surface area contributed by atoms with Crippen molar-refractivity contribution in [2.24, 2.45) is 0 Å². The monoisotopic (exact) mass is 216 g/mol. The van der Waals surface area contributed by atoms with Crippen molar-refractivity contribution in [1.29, 1.82) is 0 Å². The number of aromatic amines is 1. The van der Waals surface area contributed by atoms with Gasteiger partial charge in [-0.15, -0.1) is 0 Å². The molecule has 3 heteroatoms. The molecule has 1 N–H and O–H groups in total. The zero-order chi connectivity index (χ0) is 11.7. The predicted molar refractivity (Wildman–Crippen MR) is 64.8 cm³/mol. The third-order valence-electron chi connectivity index (χ3n) is 2.80. The Hall–Kier alpha value is -1.77. The second-order valence-corrected chi connectivity index (χ2v) is 4.07. The van der Waals surface area contributed by atoms with Gasteiger partial charge in [-0.05, 0) is 50.1 Å². The normalized spacial score (nSPS) is 10.5. The van der Waals surface area contributed by atoms with Crippen LogP contribution in [0.5, 0.6) is 5.75 Å². The number of ether oxygens (including phenoxy) is 1. The summed E-state index contributed by atoms with van der Waals surface area (Å²) >= 11 is 0. The highest BCUT2D eigenvalue weighted by Gasteiger charge is 2.10. The van der Waals surface area contributed by atoms with E-state index < -0.39 is 0 Å². The summed E-state index contributed by atoms with van der Waals surface area (Å²) in [6, 6.07) is 6.19. The van der Waals surface area contributed by atoms with Crippen molar-refractivity contribution in [2.45, 2.75) is 20.8 Å². The van der Waals surface area contributed by atoms with E-state index in [1.165, 1.54) is 11.1 Å². The fraction of sp³-hybridized carbons (Fsp3) is 0.308. The highest BCUT2D eigenvalue weighted by molar-refractivity contribution is 5.69. The minimum absolute atomic E-state index is 0.870. The van der Waals surface area contributed by atoms with Gasteiger partial charge in [-0.2, -0.15) is 5.10 Å². The first-order valence-electron chi connectivity index (χ1n) is 5.29. The number of hydrogen-bond acceptors (Lipinski definition) is 2. The summed E-state index contributed by atoms with van der Waals surface area (Å²) in [5.41, 5.74) is 5.49. The molecule has 0 atom stereocenters. The lowest BCUT2D eigenvalue weighted by atomic mass is 10.0. The van der Waals surface area contributed by atoms with Gasteiger partial charge in [-0.1, -0.05) is 0 Å². The van der Waals surface area contributed by atoms with Gasteiger partial charge in [0.05, 0.1) is 12.8 Å². The smallest absolute Gasteiger partial charge is 0.128 e. The Balaban J connectivity index is 2.59. The third-order valence-corrected chi connectivity index (χ3v) is 2.80. The van der Waals surface area contributed by atoms with E-state index in [1.807, 2.05) is 13.0 Å². The first kappa shape index (κ1) is 10.7. The number of benzene rings is 1. The molecule has 0 radical (unpaired) electrons. The lowest BCUT2D eigenvalue weighted by Gasteiger charge is -2.09. The Kier molecular flexibility index (Phi) is 2.69. The van der Waals surface area contributed by atoms with Crippen LogP contribution in [0.25, 0.3) is 11.3 Å². The van der Waals surface area contributed by atoms with Crippen LogP contribution in [0.4, 0.5) is 0 Å². The van der Waals surface area contributed by atoms with Crippen LogP contribution in [-0.2, 0) is 0 Å². The second kappa shape index (κ2) is 4.00. The van der Waals surface area contributed by atoms with Crippen LogP contribution >= 0.6 is 0 Å². The summed E-state index contributed by atoms with van der Waals surface area (Å²) in [6.45, 7) is 6.17. The Morgan fingerprint density at radius 1 is 1.06 bits per heavy atom. The van der Waals surface area contributed by atoms with Gasteiger partial charge in [-0.3, -0.25) is 5.10 Å². The van der Waals surface area contributed by atoms with Crippen molar-refractivity contribution < 1.29 is 4.74 Å². The minimum atomic E-state index is 0.870. The van der Waals surface area contributed by atoms with E-state index in [1.54, 1.807) is 7.11 Å². The molecule has 0 unspecified atom stereocenters. The minimum Gasteiger partial charge on any atom is -0.496 e. The largest absolute Gasteiger partial charge is 0.496 e. The molecule has 1 heterocycles. The van der Waals surface area contributed by atoms with Crippen LogP contribution in [0, 0.1) is 20.8 Å². The second-order valence-electron chi connectivity index (χ2n) is 4.07. The number of nitrogens with zero attached hydrogens (tertiary/aromatic N) is 1. The molecule has 0 aliphatic heterocycles. The number of methoxy groups -OCH3 is 1. The van der Waals surface area contributed by atoms with Crippen LogP contribution in [0.2, 0.25) is 0 Å². The first-order chi connectivity index (χ1) is 7.61. The number of hydrogen-bond donors (Lipinski definition) is 1. The Labute approximate surface area is 95.5 Å². The zero-order valence-electron chi connectivity index (χ0n) is 10.1. The fourth-order valence-corrected chi connectivity index (χ4v) is 1.71. The van der Waals surface area contributed by atoms with Crippen molar-refractivity contribution in [3.8, 4) is 17.0 Å². The summed E-state index contributed by atoms with van der Waals surface area (Å²) in [7, 11) is 1.69. The number of aromatic nitrogens is 2. The molecular weight excluding hydrogens is 200 g/mol. The van der Waals surface area contributed by atoms with Gasteiger partial charge >= 0.3 is 0 Å². The van der Waals surface area contributed by atoms with Crippen molar-refractivity contribution in [3.05, 3.63) is 35.0 Å². The van der Waals surface area contributed by atoms with Gasteiger partial charge in [0.2, 0.25) is 0 Å². The van der Waals surface area contributed by atoms with Crippen LogP contribution < -0.4 is 4.74 Å². The molecule has 0 saturated heterocycles. The molecular formula is C13H16N2O. The number of H-pyrrole nitrogens is 1. The predicted octanol–water partition coefficient (Wildman–Crippen LogP) is 3.01. The average molecular weight is 216 g/mol. The van der Waals surface area contributed by atoms with Gasteiger partial charge in [0.1, 0.15) is 5.75 Å². The van der Waals surface area contributed by atoms with Gasteiger partial charge < -0.3 is 4.74 Å². The molecule has 0 aliphatic rings. The van der Waals surface area contributed by atoms with Crippen molar-refractivity contribution >= 4 is 0 Å². The summed E-state index contributed by atoms with van der Waals surface area (Å²) in [5, 5.41) is 7.21. The van der Waals surface area contributed by atoms with Gasteiger partial charge in [0.25, 0.3) is 0 Å². The van der Waals surface area contributed by atoms with Gasteiger partial charge in [0, 0.05) is 11.3 Å². The SMILES string of the molecule is COc1cc(C)c(C)cc1-c1cc(C)[nH]n1. The molecule has 0 amide bonds. The number of nitrogens with one attached hydrogen (secondary N) is 1. The summed E-state index contributed by atoms with van der Waals surface area (Å²) in [5.74, 6) is 0.870. The van der Waals surface area contributed by atoms with E-state index in [9.17, 15) is 0 Å². The quantitative estimate of drug-likeness (QED) is 0.838. The molecule has 3 nitrogen and oxygen atoms in total. The maximum absolute atomic E-state index is 5.39. The lowest BCUT2D eigenvalue weighted by molar-refractivity contribution is 0.416. The zero-order valence-corrected chi connectivity index (χ0v) is 10.1.